The lowest BCUT2D eigenvalue weighted by Gasteiger charge is -2.03. The lowest BCUT2D eigenvalue weighted by Crippen LogP contribution is -2.04. The summed E-state index contributed by atoms with van der Waals surface area (Å²) in [5.74, 6) is 16.7. The molecule has 0 fully saturated rings. The summed E-state index contributed by atoms with van der Waals surface area (Å²) in [5, 5.41) is 0. The van der Waals surface area contributed by atoms with Gasteiger partial charge in [-0.2, -0.15) is 0 Å². The Morgan fingerprint density at radius 3 is 1.85 bits per heavy atom. The van der Waals surface area contributed by atoms with Crippen molar-refractivity contribution in [1.29, 1.82) is 0 Å². The number of benzene rings is 4. The molecule has 0 aliphatic heterocycles. The van der Waals surface area contributed by atoms with Gasteiger partial charge in [0.05, 0.1) is 11.1 Å². The number of hydrogen-bond donors (Lipinski definition) is 0. The zero-order chi connectivity index (χ0) is 29.0. The Morgan fingerprint density at radius 2 is 1.15 bits per heavy atom. The summed E-state index contributed by atoms with van der Waals surface area (Å²) >= 11 is 0. The van der Waals surface area contributed by atoms with Crippen LogP contribution in [-0.2, 0) is 9.59 Å². The van der Waals surface area contributed by atoms with Crippen molar-refractivity contribution in [3.05, 3.63) is 156 Å². The molecule has 0 heterocycles. The molecule has 0 aliphatic rings. The van der Waals surface area contributed by atoms with E-state index in [1.54, 1.807) is 66.7 Å². The molecular weight excluding hydrogens is 515 g/mol. The standard InChI is InChI=1S/C36H21FO4/c1-3-35(38)40-32-10-7-8-28(24-32)17-16-26-12-14-27(15-13-26)18-21-30-22-19-29(25-33(30)37)20-23-31-9-5-6-11-34(31)41-36(39)4-2/h3-15,19,22,24-25H,1-2H2. The van der Waals surface area contributed by atoms with E-state index in [0.29, 0.717) is 33.8 Å². The van der Waals surface area contributed by atoms with Gasteiger partial charge in [-0.05, 0) is 72.8 Å². The summed E-state index contributed by atoms with van der Waals surface area (Å²) in [5.41, 5.74) is 3.32. The molecule has 0 amide bonds. The van der Waals surface area contributed by atoms with Gasteiger partial charge in [-0.1, -0.05) is 66.9 Å². The normalized spacial score (nSPS) is 9.39. The van der Waals surface area contributed by atoms with E-state index in [0.717, 1.165) is 17.7 Å². The molecule has 0 saturated carbocycles. The minimum absolute atomic E-state index is 0.233. The second-order valence-electron chi connectivity index (χ2n) is 8.30. The lowest BCUT2D eigenvalue weighted by atomic mass is 10.1. The summed E-state index contributed by atoms with van der Waals surface area (Å²) in [6, 6.07) is 25.5. The first-order valence-electron chi connectivity index (χ1n) is 12.3. The lowest BCUT2D eigenvalue weighted by molar-refractivity contribution is -0.129. The first-order chi connectivity index (χ1) is 19.9. The molecule has 0 aromatic heterocycles. The fraction of sp³-hybridized carbons (Fsp3) is 0. The van der Waals surface area contributed by atoms with Crippen molar-refractivity contribution < 1.29 is 23.5 Å². The summed E-state index contributed by atoms with van der Waals surface area (Å²) in [6.45, 7) is 6.76. The average molecular weight is 537 g/mol. The number of carbonyl (C=O) groups excluding carboxylic acids is 2. The molecule has 0 saturated heterocycles. The minimum atomic E-state index is -0.591. The molecular formula is C36H21FO4. The molecule has 196 valence electrons. The Kier molecular flexibility index (Phi) is 9.29. The predicted octanol–water partition coefficient (Wildman–Crippen LogP) is 6.21. The van der Waals surface area contributed by atoms with E-state index in [9.17, 15) is 14.0 Å². The van der Waals surface area contributed by atoms with E-state index in [2.05, 4.69) is 48.7 Å². The van der Waals surface area contributed by atoms with Gasteiger partial charge in [-0.15, -0.1) is 0 Å². The number of rotatable bonds is 4. The summed E-state index contributed by atoms with van der Waals surface area (Å²) in [4.78, 5) is 22.9. The fourth-order valence-electron chi connectivity index (χ4n) is 3.36. The third-order valence-corrected chi connectivity index (χ3v) is 5.37. The van der Waals surface area contributed by atoms with Gasteiger partial charge >= 0.3 is 11.9 Å². The van der Waals surface area contributed by atoms with Crippen LogP contribution in [0.15, 0.2) is 116 Å². The highest BCUT2D eigenvalue weighted by molar-refractivity contribution is 5.84. The third kappa shape index (κ3) is 8.20. The Morgan fingerprint density at radius 1 is 0.585 bits per heavy atom. The van der Waals surface area contributed by atoms with Crippen molar-refractivity contribution in [1.82, 2.24) is 0 Å². The molecule has 4 aromatic carbocycles. The Bertz CT molecular complexity index is 1830. The van der Waals surface area contributed by atoms with Crippen LogP contribution < -0.4 is 9.47 Å². The van der Waals surface area contributed by atoms with Gasteiger partial charge in [0.1, 0.15) is 17.3 Å². The van der Waals surface area contributed by atoms with Crippen LogP contribution in [0.4, 0.5) is 4.39 Å². The third-order valence-electron chi connectivity index (χ3n) is 5.37. The van der Waals surface area contributed by atoms with Crippen LogP contribution in [0.5, 0.6) is 11.5 Å². The SMILES string of the molecule is C=CC(=O)Oc1cccc(C#Cc2ccc(C#Cc3ccc(C#Cc4ccccc4OC(=O)C=C)cc3F)cc2)c1. The number of halogens is 1. The Labute approximate surface area is 237 Å². The van der Waals surface area contributed by atoms with Gasteiger partial charge < -0.3 is 9.47 Å². The number of esters is 2. The first-order valence-corrected chi connectivity index (χ1v) is 12.3. The number of para-hydroxylation sites is 1. The fourth-order valence-corrected chi connectivity index (χ4v) is 3.36. The Hall–Kier alpha value is -6.09. The second-order valence-corrected chi connectivity index (χ2v) is 8.30. The van der Waals surface area contributed by atoms with Gasteiger partial charge in [0.15, 0.2) is 0 Å². The van der Waals surface area contributed by atoms with Gasteiger partial charge in [0.25, 0.3) is 0 Å². The molecule has 4 aromatic rings. The monoisotopic (exact) mass is 536 g/mol. The van der Waals surface area contributed by atoms with E-state index < -0.39 is 17.8 Å². The van der Waals surface area contributed by atoms with Crippen LogP contribution in [0.3, 0.4) is 0 Å². The van der Waals surface area contributed by atoms with E-state index in [-0.39, 0.29) is 5.56 Å². The van der Waals surface area contributed by atoms with Crippen molar-refractivity contribution in [3.63, 3.8) is 0 Å². The molecule has 41 heavy (non-hydrogen) atoms. The highest BCUT2D eigenvalue weighted by Crippen LogP contribution is 2.18. The molecule has 0 bridgehead atoms. The molecule has 0 atom stereocenters. The topological polar surface area (TPSA) is 52.6 Å². The van der Waals surface area contributed by atoms with Crippen LogP contribution in [0.25, 0.3) is 0 Å². The van der Waals surface area contributed by atoms with Gasteiger partial charge in [0, 0.05) is 34.4 Å². The van der Waals surface area contributed by atoms with Crippen LogP contribution >= 0.6 is 0 Å². The predicted molar refractivity (Wildman–Crippen MR) is 155 cm³/mol. The largest absolute Gasteiger partial charge is 0.423 e. The van der Waals surface area contributed by atoms with Crippen LogP contribution in [-0.4, -0.2) is 11.9 Å². The maximum absolute atomic E-state index is 14.7. The molecule has 0 radical (unpaired) electrons. The van der Waals surface area contributed by atoms with Crippen LogP contribution in [0.1, 0.15) is 33.4 Å². The quantitative estimate of drug-likeness (QED) is 0.135. The highest BCUT2D eigenvalue weighted by atomic mass is 19.1. The minimum Gasteiger partial charge on any atom is -0.423 e. The molecule has 0 unspecified atom stereocenters. The summed E-state index contributed by atoms with van der Waals surface area (Å²) in [7, 11) is 0. The highest BCUT2D eigenvalue weighted by Gasteiger charge is 2.05. The van der Waals surface area contributed by atoms with Gasteiger partial charge in [0.2, 0.25) is 0 Å². The molecule has 0 N–H and O–H groups in total. The number of hydrogen-bond acceptors (Lipinski definition) is 4. The zero-order valence-electron chi connectivity index (χ0n) is 21.7. The van der Waals surface area contributed by atoms with E-state index >= 15 is 0 Å². The smallest absolute Gasteiger partial charge is 0.335 e. The Balaban J connectivity index is 1.44. The van der Waals surface area contributed by atoms with E-state index in [4.69, 9.17) is 9.47 Å². The van der Waals surface area contributed by atoms with Crippen molar-refractivity contribution in [2.24, 2.45) is 0 Å². The molecule has 0 aliphatic carbocycles. The molecule has 4 rings (SSSR count). The van der Waals surface area contributed by atoms with Crippen LogP contribution in [0.2, 0.25) is 0 Å². The van der Waals surface area contributed by atoms with Crippen molar-refractivity contribution in [2.75, 3.05) is 0 Å². The maximum atomic E-state index is 14.7. The van der Waals surface area contributed by atoms with Crippen molar-refractivity contribution >= 4 is 11.9 Å². The molecule has 5 heteroatoms. The first kappa shape index (κ1) is 27.9. The molecule has 0 spiro atoms. The van der Waals surface area contributed by atoms with E-state index in [1.165, 1.54) is 6.07 Å². The molecule has 4 nitrogen and oxygen atoms in total. The second kappa shape index (κ2) is 13.6. The number of ether oxygens (including phenoxy) is 2. The van der Waals surface area contributed by atoms with Crippen molar-refractivity contribution in [3.8, 4) is 47.0 Å². The summed E-state index contributed by atoms with van der Waals surface area (Å²) in [6.07, 6.45) is 2.16. The number of carbonyl (C=O) groups is 2. The average Bonchev–Trinajstić information content (AvgIpc) is 2.99. The van der Waals surface area contributed by atoms with Crippen LogP contribution in [0, 0.1) is 41.3 Å². The van der Waals surface area contributed by atoms with Gasteiger partial charge in [-0.25, -0.2) is 14.0 Å². The van der Waals surface area contributed by atoms with Gasteiger partial charge in [-0.3, -0.25) is 0 Å². The van der Waals surface area contributed by atoms with Crippen molar-refractivity contribution in [2.45, 2.75) is 0 Å². The zero-order valence-corrected chi connectivity index (χ0v) is 21.7. The summed E-state index contributed by atoms with van der Waals surface area (Å²) < 4.78 is 25.0. The van der Waals surface area contributed by atoms with E-state index in [1.807, 2.05) is 18.2 Å². The maximum Gasteiger partial charge on any atom is 0.335 e.